The quantitative estimate of drug-likeness (QED) is 0.438. The predicted octanol–water partition coefficient (Wildman–Crippen LogP) is 3.68. The molecule has 0 aliphatic rings. The first kappa shape index (κ1) is 22.0. The van der Waals surface area contributed by atoms with Crippen LogP contribution >= 0.6 is 0 Å². The second kappa shape index (κ2) is 9.42. The highest BCUT2D eigenvalue weighted by Gasteiger charge is 2.20. The van der Waals surface area contributed by atoms with Gasteiger partial charge in [-0.05, 0) is 43.5 Å². The van der Waals surface area contributed by atoms with Crippen LogP contribution in [-0.2, 0) is 17.6 Å². The van der Waals surface area contributed by atoms with Gasteiger partial charge in [-0.25, -0.2) is 0 Å². The molecule has 1 heterocycles. The SMILES string of the molecule is COc1cc(CCNC(=O)Cc2c(C)nc3ccccc3c2C)c([N+](=O)[O-])cc1OC. The molecule has 0 fully saturated rings. The van der Waals surface area contributed by atoms with Gasteiger partial charge in [0, 0.05) is 23.2 Å². The van der Waals surface area contributed by atoms with Crippen molar-refractivity contribution in [2.45, 2.75) is 26.7 Å². The number of fused-ring (bicyclic) bond motifs is 1. The highest BCUT2D eigenvalue weighted by atomic mass is 16.6. The normalized spacial score (nSPS) is 10.7. The average Bonchev–Trinajstić information content (AvgIpc) is 2.76. The summed E-state index contributed by atoms with van der Waals surface area (Å²) in [6.45, 7) is 4.15. The number of hydrogen-bond acceptors (Lipinski definition) is 6. The van der Waals surface area contributed by atoms with Crippen LogP contribution in [0.5, 0.6) is 11.5 Å². The van der Waals surface area contributed by atoms with Crippen molar-refractivity contribution >= 4 is 22.5 Å². The van der Waals surface area contributed by atoms with Crippen molar-refractivity contribution in [1.82, 2.24) is 10.3 Å². The number of nitro benzene ring substituents is 1. The third-order valence-electron chi connectivity index (χ3n) is 5.32. The van der Waals surface area contributed by atoms with Gasteiger partial charge in [0.2, 0.25) is 5.91 Å². The maximum atomic E-state index is 12.6. The van der Waals surface area contributed by atoms with Gasteiger partial charge in [-0.2, -0.15) is 0 Å². The van der Waals surface area contributed by atoms with Crippen molar-refractivity contribution in [1.29, 1.82) is 0 Å². The number of nitrogens with one attached hydrogen (secondary N) is 1. The molecule has 0 bridgehead atoms. The Morgan fingerprint density at radius 1 is 1.13 bits per heavy atom. The second-order valence-corrected chi connectivity index (χ2v) is 7.19. The van der Waals surface area contributed by atoms with Crippen molar-refractivity contribution in [3.63, 3.8) is 0 Å². The van der Waals surface area contributed by atoms with Crippen molar-refractivity contribution in [2.24, 2.45) is 0 Å². The number of carbonyl (C=O) groups is 1. The summed E-state index contributed by atoms with van der Waals surface area (Å²) in [7, 11) is 2.89. The van der Waals surface area contributed by atoms with Crippen molar-refractivity contribution in [3.8, 4) is 11.5 Å². The number of methoxy groups -OCH3 is 2. The van der Waals surface area contributed by atoms with Crippen LogP contribution < -0.4 is 14.8 Å². The first-order chi connectivity index (χ1) is 14.8. The number of nitrogens with zero attached hydrogens (tertiary/aromatic N) is 2. The van der Waals surface area contributed by atoms with E-state index in [9.17, 15) is 14.9 Å². The van der Waals surface area contributed by atoms with E-state index in [1.807, 2.05) is 38.1 Å². The van der Waals surface area contributed by atoms with Crippen LogP contribution in [0.2, 0.25) is 0 Å². The zero-order valence-electron chi connectivity index (χ0n) is 18.0. The highest BCUT2D eigenvalue weighted by Crippen LogP contribution is 2.34. The summed E-state index contributed by atoms with van der Waals surface area (Å²) in [4.78, 5) is 28.1. The molecule has 0 saturated heterocycles. The van der Waals surface area contributed by atoms with Gasteiger partial charge in [0.1, 0.15) is 0 Å². The molecule has 1 amide bonds. The van der Waals surface area contributed by atoms with Gasteiger partial charge in [0.15, 0.2) is 11.5 Å². The standard InChI is InChI=1S/C23H25N3O5/c1-14-17-7-5-6-8-19(17)25-15(2)18(14)12-23(27)24-10-9-16-11-21(30-3)22(31-4)13-20(16)26(28)29/h5-8,11,13H,9-10,12H2,1-4H3,(H,24,27). The number of nitro groups is 1. The lowest BCUT2D eigenvalue weighted by molar-refractivity contribution is -0.385. The van der Waals surface area contributed by atoms with Gasteiger partial charge in [0.05, 0.1) is 37.1 Å². The summed E-state index contributed by atoms with van der Waals surface area (Å²) in [5, 5.41) is 15.3. The monoisotopic (exact) mass is 423 g/mol. The third-order valence-corrected chi connectivity index (χ3v) is 5.32. The molecule has 0 saturated carbocycles. The maximum absolute atomic E-state index is 12.6. The van der Waals surface area contributed by atoms with Crippen LogP contribution in [0.25, 0.3) is 10.9 Å². The lowest BCUT2D eigenvalue weighted by Gasteiger charge is -2.13. The summed E-state index contributed by atoms with van der Waals surface area (Å²) < 4.78 is 10.4. The number of benzene rings is 2. The molecule has 0 aliphatic carbocycles. The summed E-state index contributed by atoms with van der Waals surface area (Å²) >= 11 is 0. The summed E-state index contributed by atoms with van der Waals surface area (Å²) in [5.74, 6) is 0.533. The van der Waals surface area contributed by atoms with E-state index in [-0.39, 0.29) is 36.7 Å². The molecular formula is C23H25N3O5. The van der Waals surface area contributed by atoms with E-state index >= 15 is 0 Å². The van der Waals surface area contributed by atoms with E-state index in [0.717, 1.165) is 27.7 Å². The first-order valence-electron chi connectivity index (χ1n) is 9.86. The number of hydrogen-bond donors (Lipinski definition) is 1. The van der Waals surface area contributed by atoms with Crippen LogP contribution in [-0.4, -0.2) is 36.6 Å². The van der Waals surface area contributed by atoms with Crippen LogP contribution in [0.4, 0.5) is 5.69 Å². The number of aryl methyl sites for hydroxylation is 2. The Morgan fingerprint density at radius 3 is 2.48 bits per heavy atom. The van der Waals surface area contributed by atoms with Crippen LogP contribution in [0.15, 0.2) is 36.4 Å². The molecule has 8 nitrogen and oxygen atoms in total. The molecule has 31 heavy (non-hydrogen) atoms. The van der Waals surface area contributed by atoms with E-state index in [1.165, 1.54) is 20.3 Å². The smallest absolute Gasteiger partial charge is 0.276 e. The molecule has 0 radical (unpaired) electrons. The lowest BCUT2D eigenvalue weighted by Crippen LogP contribution is -2.28. The molecule has 0 atom stereocenters. The number of para-hydroxylation sites is 1. The van der Waals surface area contributed by atoms with Crippen LogP contribution in [0, 0.1) is 24.0 Å². The summed E-state index contributed by atoms with van der Waals surface area (Å²) in [5.41, 5.74) is 4.05. The fourth-order valence-electron chi connectivity index (χ4n) is 3.67. The molecule has 3 aromatic rings. The average molecular weight is 423 g/mol. The number of amides is 1. The number of ether oxygens (including phenoxy) is 2. The van der Waals surface area contributed by atoms with Crippen molar-refractivity contribution in [2.75, 3.05) is 20.8 Å². The Bertz CT molecular complexity index is 1140. The molecule has 8 heteroatoms. The molecular weight excluding hydrogens is 398 g/mol. The van der Waals surface area contributed by atoms with Gasteiger partial charge >= 0.3 is 0 Å². The van der Waals surface area contributed by atoms with E-state index < -0.39 is 4.92 Å². The van der Waals surface area contributed by atoms with Crippen molar-refractivity contribution < 1.29 is 19.2 Å². The van der Waals surface area contributed by atoms with Gasteiger partial charge < -0.3 is 14.8 Å². The van der Waals surface area contributed by atoms with E-state index in [1.54, 1.807) is 6.07 Å². The fourth-order valence-corrected chi connectivity index (χ4v) is 3.67. The Hall–Kier alpha value is -3.68. The molecule has 0 aliphatic heterocycles. The van der Waals surface area contributed by atoms with Gasteiger partial charge in [-0.15, -0.1) is 0 Å². The Labute approximate surface area is 180 Å². The first-order valence-corrected chi connectivity index (χ1v) is 9.86. The van der Waals surface area contributed by atoms with Gasteiger partial charge in [-0.1, -0.05) is 18.2 Å². The summed E-state index contributed by atoms with van der Waals surface area (Å²) in [6, 6.07) is 10.7. The molecule has 162 valence electrons. The van der Waals surface area contributed by atoms with E-state index in [4.69, 9.17) is 9.47 Å². The highest BCUT2D eigenvalue weighted by molar-refractivity contribution is 5.86. The molecule has 1 N–H and O–H groups in total. The number of pyridine rings is 1. The zero-order chi connectivity index (χ0) is 22.5. The van der Waals surface area contributed by atoms with Gasteiger partial charge in [-0.3, -0.25) is 19.9 Å². The van der Waals surface area contributed by atoms with Crippen LogP contribution in [0.3, 0.4) is 0 Å². The minimum atomic E-state index is -0.466. The van der Waals surface area contributed by atoms with E-state index in [2.05, 4.69) is 10.3 Å². The van der Waals surface area contributed by atoms with Gasteiger partial charge in [0.25, 0.3) is 5.69 Å². The number of aromatic nitrogens is 1. The topological polar surface area (TPSA) is 104 Å². The molecule has 0 spiro atoms. The largest absolute Gasteiger partial charge is 0.493 e. The van der Waals surface area contributed by atoms with Crippen LogP contribution in [0.1, 0.15) is 22.4 Å². The Morgan fingerprint density at radius 2 is 1.81 bits per heavy atom. The molecule has 3 rings (SSSR count). The fraction of sp³-hybridized carbons (Fsp3) is 0.304. The molecule has 2 aromatic carbocycles. The predicted molar refractivity (Wildman–Crippen MR) is 118 cm³/mol. The number of carbonyl (C=O) groups excluding carboxylic acids is 1. The summed E-state index contributed by atoms with van der Waals surface area (Å²) in [6.07, 6.45) is 0.486. The molecule has 0 unspecified atom stereocenters. The van der Waals surface area contributed by atoms with Crippen molar-refractivity contribution in [3.05, 3.63) is 68.9 Å². The van der Waals surface area contributed by atoms with E-state index in [0.29, 0.717) is 11.3 Å². The molecule has 1 aromatic heterocycles. The minimum Gasteiger partial charge on any atom is -0.493 e. The second-order valence-electron chi connectivity index (χ2n) is 7.19. The third kappa shape index (κ3) is 4.74. The Balaban J connectivity index is 1.71. The Kier molecular flexibility index (Phi) is 6.69. The number of rotatable bonds is 8. The lowest BCUT2D eigenvalue weighted by atomic mass is 9.99. The minimum absolute atomic E-state index is 0.0719. The maximum Gasteiger partial charge on any atom is 0.276 e. The zero-order valence-corrected chi connectivity index (χ0v) is 18.0.